The van der Waals surface area contributed by atoms with Crippen LogP contribution in [0.15, 0.2) is 18.2 Å². The number of carbonyl (C=O) groups is 1. The van der Waals surface area contributed by atoms with E-state index in [-0.39, 0.29) is 17.7 Å². The van der Waals surface area contributed by atoms with E-state index in [9.17, 15) is 9.90 Å². The van der Waals surface area contributed by atoms with Crippen LogP contribution in [0.3, 0.4) is 0 Å². The van der Waals surface area contributed by atoms with Crippen LogP contribution in [-0.4, -0.2) is 29.6 Å². The fraction of sp³-hybridized carbons (Fsp3) is 0.682. The van der Waals surface area contributed by atoms with Gasteiger partial charge < -0.3 is 14.6 Å². The maximum Gasteiger partial charge on any atom is 0.124 e. The molecule has 2 aliphatic rings. The molecule has 3 rings (SSSR count). The Morgan fingerprint density at radius 2 is 1.92 bits per heavy atom. The van der Waals surface area contributed by atoms with Gasteiger partial charge in [0.05, 0.1) is 12.1 Å². The van der Waals surface area contributed by atoms with Gasteiger partial charge in [0.1, 0.15) is 5.75 Å². The highest BCUT2D eigenvalue weighted by Gasteiger charge is 2.29. The molecule has 26 heavy (non-hydrogen) atoms. The summed E-state index contributed by atoms with van der Waals surface area (Å²) >= 11 is 0. The average Bonchev–Trinajstić information content (AvgIpc) is 2.65. The van der Waals surface area contributed by atoms with E-state index in [0.717, 1.165) is 37.1 Å². The highest BCUT2D eigenvalue weighted by Crippen LogP contribution is 2.37. The first-order valence-electron chi connectivity index (χ1n) is 10.4. The number of hydrogen-bond acceptors (Lipinski definition) is 4. The van der Waals surface area contributed by atoms with Gasteiger partial charge in [-0.1, -0.05) is 19.8 Å². The summed E-state index contributed by atoms with van der Waals surface area (Å²) in [7, 11) is 0. The topological polar surface area (TPSA) is 52.6 Å². The van der Waals surface area contributed by atoms with Crippen LogP contribution in [0.25, 0.3) is 0 Å². The van der Waals surface area contributed by atoms with Crippen molar-refractivity contribution < 1.29 is 14.6 Å². The molecule has 0 spiro atoms. The predicted molar refractivity (Wildman–Crippen MR) is 101 cm³/mol. The zero-order valence-electron chi connectivity index (χ0n) is 16.2. The smallest absolute Gasteiger partial charge is 0.124 e. The summed E-state index contributed by atoms with van der Waals surface area (Å²) in [6.07, 6.45) is 10.8. The SMILES string of the molecule is CCC(c1cc(C(=O)[O-])ccc1OC1CCCCC1)N1CCCCC1C. The molecule has 2 unspecified atom stereocenters. The molecule has 2 atom stereocenters. The number of piperidine rings is 1. The highest BCUT2D eigenvalue weighted by atomic mass is 16.5. The summed E-state index contributed by atoms with van der Waals surface area (Å²) in [5.41, 5.74) is 1.27. The Morgan fingerprint density at radius 1 is 1.19 bits per heavy atom. The number of carbonyl (C=O) groups excluding carboxylic acids is 1. The molecule has 1 aromatic rings. The summed E-state index contributed by atoms with van der Waals surface area (Å²) in [4.78, 5) is 14.0. The van der Waals surface area contributed by atoms with Crippen LogP contribution >= 0.6 is 0 Å². The van der Waals surface area contributed by atoms with E-state index in [1.165, 1.54) is 38.5 Å². The Morgan fingerprint density at radius 3 is 2.58 bits per heavy atom. The van der Waals surface area contributed by atoms with Crippen LogP contribution < -0.4 is 9.84 Å². The first-order valence-corrected chi connectivity index (χ1v) is 10.4. The van der Waals surface area contributed by atoms with Crippen molar-refractivity contribution >= 4 is 5.97 Å². The number of nitrogens with zero attached hydrogens (tertiary/aromatic N) is 1. The summed E-state index contributed by atoms with van der Waals surface area (Å²) in [5.74, 6) is -0.247. The van der Waals surface area contributed by atoms with Crippen LogP contribution in [0.5, 0.6) is 5.75 Å². The maximum atomic E-state index is 11.4. The van der Waals surface area contributed by atoms with Gasteiger partial charge in [-0.25, -0.2) is 0 Å². The Hall–Kier alpha value is -1.55. The van der Waals surface area contributed by atoms with Gasteiger partial charge in [0.25, 0.3) is 0 Å². The van der Waals surface area contributed by atoms with Crippen molar-refractivity contribution in [1.29, 1.82) is 0 Å². The van der Waals surface area contributed by atoms with Crippen LogP contribution in [0.4, 0.5) is 0 Å². The van der Waals surface area contributed by atoms with Gasteiger partial charge in [-0.2, -0.15) is 0 Å². The molecule has 0 bridgehead atoms. The standard InChI is InChI=1S/C22H33NO3/c1-3-20(23-14-8-7-9-16(23)2)19-15-17(22(24)25)12-13-21(19)26-18-10-5-4-6-11-18/h12-13,15-16,18,20H,3-11,14H2,1-2H3,(H,24,25)/p-1. The van der Waals surface area contributed by atoms with Crippen molar-refractivity contribution in [3.63, 3.8) is 0 Å². The number of carboxylic acid groups (broad SMARTS) is 1. The molecule has 1 aromatic carbocycles. The van der Waals surface area contributed by atoms with Gasteiger partial charge in [-0.05, 0) is 82.2 Å². The number of hydrogen-bond donors (Lipinski definition) is 0. The number of benzene rings is 1. The molecule has 1 aliphatic carbocycles. The molecule has 1 saturated carbocycles. The minimum atomic E-state index is -1.11. The second kappa shape index (κ2) is 8.90. The second-order valence-corrected chi connectivity index (χ2v) is 7.92. The van der Waals surface area contributed by atoms with Crippen LogP contribution in [0, 0.1) is 0 Å². The minimum Gasteiger partial charge on any atom is -0.545 e. The first kappa shape index (κ1) is 19.2. The number of rotatable bonds is 6. The highest BCUT2D eigenvalue weighted by molar-refractivity contribution is 5.86. The van der Waals surface area contributed by atoms with Gasteiger partial charge in [0.15, 0.2) is 0 Å². The maximum absolute atomic E-state index is 11.4. The lowest BCUT2D eigenvalue weighted by Gasteiger charge is -2.40. The van der Waals surface area contributed by atoms with Crippen molar-refractivity contribution in [3.8, 4) is 5.75 Å². The molecular formula is C22H32NO3-. The molecule has 0 radical (unpaired) electrons. The third-order valence-electron chi connectivity index (χ3n) is 6.09. The predicted octanol–water partition coefficient (Wildman–Crippen LogP) is 4.09. The minimum absolute atomic E-state index is 0.197. The van der Waals surface area contributed by atoms with Gasteiger partial charge in [0.2, 0.25) is 0 Å². The van der Waals surface area contributed by atoms with Gasteiger partial charge >= 0.3 is 0 Å². The number of likely N-dealkylation sites (tertiary alicyclic amines) is 1. The molecule has 1 saturated heterocycles. The molecule has 144 valence electrons. The largest absolute Gasteiger partial charge is 0.545 e. The van der Waals surface area contributed by atoms with E-state index in [0.29, 0.717) is 6.04 Å². The van der Waals surface area contributed by atoms with Crippen molar-refractivity contribution in [1.82, 2.24) is 4.90 Å². The third kappa shape index (κ3) is 4.40. The van der Waals surface area contributed by atoms with Gasteiger partial charge in [-0.3, -0.25) is 4.90 Å². The van der Waals surface area contributed by atoms with Gasteiger partial charge in [0, 0.05) is 17.6 Å². The Kier molecular flexibility index (Phi) is 6.58. The van der Waals surface area contributed by atoms with E-state index in [2.05, 4.69) is 18.7 Å². The summed E-state index contributed by atoms with van der Waals surface area (Å²) in [6, 6.07) is 5.99. The Labute approximate surface area is 157 Å². The first-order chi connectivity index (χ1) is 12.6. The van der Waals surface area contributed by atoms with Crippen LogP contribution in [0.1, 0.15) is 93.6 Å². The molecule has 2 fully saturated rings. The van der Waals surface area contributed by atoms with Crippen molar-refractivity contribution in [2.24, 2.45) is 0 Å². The zero-order valence-corrected chi connectivity index (χ0v) is 16.2. The Balaban J connectivity index is 1.91. The fourth-order valence-electron chi connectivity index (χ4n) is 4.62. The van der Waals surface area contributed by atoms with E-state index >= 15 is 0 Å². The Bertz CT molecular complexity index is 609. The second-order valence-electron chi connectivity index (χ2n) is 7.92. The summed E-state index contributed by atoms with van der Waals surface area (Å²) in [6.45, 7) is 5.53. The lowest BCUT2D eigenvalue weighted by atomic mass is 9.93. The fourth-order valence-corrected chi connectivity index (χ4v) is 4.62. The molecule has 4 heteroatoms. The van der Waals surface area contributed by atoms with E-state index in [4.69, 9.17) is 4.74 Å². The lowest BCUT2D eigenvalue weighted by Crippen LogP contribution is -2.40. The van der Waals surface area contributed by atoms with Crippen molar-refractivity contribution in [2.45, 2.75) is 89.8 Å². The van der Waals surface area contributed by atoms with E-state index in [1.807, 2.05) is 6.07 Å². The average molecular weight is 359 g/mol. The zero-order chi connectivity index (χ0) is 18.5. The molecule has 1 heterocycles. The van der Waals surface area contributed by atoms with Crippen LogP contribution in [-0.2, 0) is 0 Å². The normalized spacial score (nSPS) is 23.5. The van der Waals surface area contributed by atoms with Crippen molar-refractivity contribution in [3.05, 3.63) is 29.3 Å². The number of aromatic carboxylic acids is 1. The quantitative estimate of drug-likeness (QED) is 0.769. The molecule has 0 N–H and O–H groups in total. The summed E-state index contributed by atoms with van der Waals surface area (Å²) < 4.78 is 6.39. The van der Waals surface area contributed by atoms with Gasteiger partial charge in [-0.15, -0.1) is 0 Å². The lowest BCUT2D eigenvalue weighted by molar-refractivity contribution is -0.255. The molecule has 4 nitrogen and oxygen atoms in total. The summed E-state index contributed by atoms with van der Waals surface area (Å²) in [5, 5.41) is 11.4. The molecule has 0 amide bonds. The third-order valence-corrected chi connectivity index (χ3v) is 6.09. The number of carboxylic acids is 1. The monoisotopic (exact) mass is 358 g/mol. The number of ether oxygens (including phenoxy) is 1. The van der Waals surface area contributed by atoms with Crippen molar-refractivity contribution in [2.75, 3.05) is 6.54 Å². The molecule has 1 aliphatic heterocycles. The van der Waals surface area contributed by atoms with Crippen LogP contribution in [0.2, 0.25) is 0 Å². The molecular weight excluding hydrogens is 326 g/mol. The van der Waals surface area contributed by atoms with E-state index in [1.54, 1.807) is 12.1 Å². The van der Waals surface area contributed by atoms with E-state index < -0.39 is 5.97 Å². The molecule has 0 aromatic heterocycles.